The van der Waals surface area contributed by atoms with Crippen LogP contribution in [0.3, 0.4) is 0 Å². The summed E-state index contributed by atoms with van der Waals surface area (Å²) in [5.74, 6) is 0. The van der Waals surface area contributed by atoms with Gasteiger partial charge in [0.05, 0.1) is 6.10 Å². The molecular weight excluding hydrogens is 218 g/mol. The van der Waals surface area contributed by atoms with Crippen LogP contribution in [-0.2, 0) is 4.74 Å². The molecule has 1 aromatic heterocycles. The van der Waals surface area contributed by atoms with Gasteiger partial charge in [0.2, 0.25) is 0 Å². The molecule has 1 N–H and O–H groups in total. The first-order valence-electron chi connectivity index (χ1n) is 6.19. The molecule has 0 saturated carbocycles. The summed E-state index contributed by atoms with van der Waals surface area (Å²) in [6.07, 6.45) is 3.89. The Hall–Kier alpha value is -0.380. The van der Waals surface area contributed by atoms with Crippen LogP contribution in [0.25, 0.3) is 0 Å². The highest BCUT2D eigenvalue weighted by Crippen LogP contribution is 2.21. The Kier molecular flexibility index (Phi) is 4.38. The predicted octanol–water partition coefficient (Wildman–Crippen LogP) is 3.36. The van der Waals surface area contributed by atoms with E-state index in [4.69, 9.17) is 4.74 Å². The standard InChI is InChI=1S/C13H21NOS/c1-3-13-8-12(4-6-15-13)14-10(2)11-5-7-16-9-11/h5,7,9-10,12-14H,3-4,6,8H2,1-2H3. The number of nitrogens with one attached hydrogen (secondary N) is 1. The third-order valence-electron chi connectivity index (χ3n) is 3.35. The van der Waals surface area contributed by atoms with Gasteiger partial charge in [-0.1, -0.05) is 6.92 Å². The van der Waals surface area contributed by atoms with Gasteiger partial charge >= 0.3 is 0 Å². The predicted molar refractivity (Wildman–Crippen MR) is 68.9 cm³/mol. The molecule has 1 aromatic rings. The van der Waals surface area contributed by atoms with Crippen LogP contribution in [0.1, 0.15) is 44.7 Å². The first-order chi connectivity index (χ1) is 7.79. The van der Waals surface area contributed by atoms with E-state index in [1.807, 2.05) is 0 Å². The Morgan fingerprint density at radius 1 is 1.62 bits per heavy atom. The second-order valence-corrected chi connectivity index (χ2v) is 5.35. The van der Waals surface area contributed by atoms with E-state index < -0.39 is 0 Å². The lowest BCUT2D eigenvalue weighted by atomic mass is 10.00. The Morgan fingerprint density at radius 2 is 2.50 bits per heavy atom. The maximum absolute atomic E-state index is 5.69. The van der Waals surface area contributed by atoms with Gasteiger partial charge in [0.1, 0.15) is 0 Å². The van der Waals surface area contributed by atoms with Gasteiger partial charge in [0, 0.05) is 18.7 Å². The molecule has 2 rings (SSSR count). The van der Waals surface area contributed by atoms with Gasteiger partial charge in [-0.2, -0.15) is 11.3 Å². The summed E-state index contributed by atoms with van der Waals surface area (Å²) in [6, 6.07) is 3.29. The topological polar surface area (TPSA) is 21.3 Å². The van der Waals surface area contributed by atoms with E-state index in [1.165, 1.54) is 5.56 Å². The highest BCUT2D eigenvalue weighted by atomic mass is 32.1. The summed E-state index contributed by atoms with van der Waals surface area (Å²) in [5.41, 5.74) is 1.41. The van der Waals surface area contributed by atoms with Crippen LogP contribution in [0, 0.1) is 0 Å². The van der Waals surface area contributed by atoms with E-state index in [0.29, 0.717) is 18.2 Å². The van der Waals surface area contributed by atoms with E-state index in [1.54, 1.807) is 11.3 Å². The normalized spacial score (nSPS) is 27.9. The fourth-order valence-corrected chi connectivity index (χ4v) is 3.04. The van der Waals surface area contributed by atoms with Gasteiger partial charge in [-0.15, -0.1) is 0 Å². The van der Waals surface area contributed by atoms with Gasteiger partial charge in [-0.05, 0) is 48.6 Å². The summed E-state index contributed by atoms with van der Waals surface area (Å²) in [6.45, 7) is 5.36. The third-order valence-corrected chi connectivity index (χ3v) is 4.05. The lowest BCUT2D eigenvalue weighted by molar-refractivity contribution is -0.00164. The van der Waals surface area contributed by atoms with Crippen LogP contribution in [0.15, 0.2) is 16.8 Å². The number of hydrogen-bond acceptors (Lipinski definition) is 3. The molecule has 0 aliphatic carbocycles. The van der Waals surface area contributed by atoms with Crippen LogP contribution < -0.4 is 5.32 Å². The van der Waals surface area contributed by atoms with Crippen LogP contribution >= 0.6 is 11.3 Å². The summed E-state index contributed by atoms with van der Waals surface area (Å²) in [4.78, 5) is 0. The first kappa shape index (κ1) is 12.1. The molecule has 2 nitrogen and oxygen atoms in total. The van der Waals surface area contributed by atoms with Crippen molar-refractivity contribution in [2.75, 3.05) is 6.61 Å². The summed E-state index contributed by atoms with van der Waals surface area (Å²) in [7, 11) is 0. The van der Waals surface area contributed by atoms with E-state index in [-0.39, 0.29) is 0 Å². The molecule has 2 heterocycles. The van der Waals surface area contributed by atoms with E-state index in [9.17, 15) is 0 Å². The van der Waals surface area contributed by atoms with Gasteiger partial charge in [0.25, 0.3) is 0 Å². The number of hydrogen-bond donors (Lipinski definition) is 1. The smallest absolute Gasteiger partial charge is 0.0587 e. The van der Waals surface area contributed by atoms with Crippen molar-refractivity contribution in [2.45, 2.75) is 51.3 Å². The van der Waals surface area contributed by atoms with Crippen molar-refractivity contribution in [1.82, 2.24) is 5.32 Å². The molecule has 3 unspecified atom stereocenters. The van der Waals surface area contributed by atoms with E-state index in [0.717, 1.165) is 25.9 Å². The molecule has 0 bridgehead atoms. The average Bonchev–Trinajstić information content (AvgIpc) is 2.83. The average molecular weight is 239 g/mol. The van der Waals surface area contributed by atoms with Crippen LogP contribution in [0.4, 0.5) is 0 Å². The number of ether oxygens (including phenoxy) is 1. The first-order valence-corrected chi connectivity index (χ1v) is 7.13. The monoisotopic (exact) mass is 239 g/mol. The minimum Gasteiger partial charge on any atom is -0.378 e. The zero-order valence-corrected chi connectivity index (χ0v) is 10.9. The molecule has 0 amide bonds. The molecule has 1 aliphatic heterocycles. The molecule has 1 fully saturated rings. The molecule has 0 spiro atoms. The highest BCUT2D eigenvalue weighted by molar-refractivity contribution is 7.07. The van der Waals surface area contributed by atoms with Gasteiger partial charge in [-0.3, -0.25) is 0 Å². The summed E-state index contributed by atoms with van der Waals surface area (Å²) in [5, 5.41) is 8.09. The third kappa shape index (κ3) is 3.06. The van der Waals surface area contributed by atoms with Gasteiger partial charge < -0.3 is 10.1 Å². The SMILES string of the molecule is CCC1CC(NC(C)c2ccsc2)CCO1. The van der Waals surface area contributed by atoms with Gasteiger partial charge in [0.15, 0.2) is 0 Å². The van der Waals surface area contributed by atoms with Crippen molar-refractivity contribution in [3.05, 3.63) is 22.4 Å². The molecule has 0 radical (unpaired) electrons. The second-order valence-electron chi connectivity index (χ2n) is 4.57. The quantitative estimate of drug-likeness (QED) is 0.870. The zero-order valence-electron chi connectivity index (χ0n) is 10.1. The fraction of sp³-hybridized carbons (Fsp3) is 0.692. The van der Waals surface area contributed by atoms with Crippen LogP contribution in [0.5, 0.6) is 0 Å². The Bertz CT molecular complexity index is 299. The van der Waals surface area contributed by atoms with Crippen LogP contribution in [-0.4, -0.2) is 18.8 Å². The molecular formula is C13H21NOS. The van der Waals surface area contributed by atoms with Crippen molar-refractivity contribution in [3.63, 3.8) is 0 Å². The molecule has 3 heteroatoms. The minimum atomic E-state index is 0.459. The maximum Gasteiger partial charge on any atom is 0.0587 e. The summed E-state index contributed by atoms with van der Waals surface area (Å²) < 4.78 is 5.69. The minimum absolute atomic E-state index is 0.459. The largest absolute Gasteiger partial charge is 0.378 e. The number of rotatable bonds is 4. The molecule has 16 heavy (non-hydrogen) atoms. The van der Waals surface area contributed by atoms with Crippen molar-refractivity contribution < 1.29 is 4.74 Å². The molecule has 1 saturated heterocycles. The molecule has 3 atom stereocenters. The van der Waals surface area contributed by atoms with E-state index in [2.05, 4.69) is 36.0 Å². The fourth-order valence-electron chi connectivity index (χ4n) is 2.29. The molecule has 90 valence electrons. The van der Waals surface area contributed by atoms with Crippen LogP contribution in [0.2, 0.25) is 0 Å². The second kappa shape index (κ2) is 5.80. The highest BCUT2D eigenvalue weighted by Gasteiger charge is 2.22. The molecule has 0 aromatic carbocycles. The van der Waals surface area contributed by atoms with E-state index >= 15 is 0 Å². The lowest BCUT2D eigenvalue weighted by Crippen LogP contribution is -2.39. The van der Waals surface area contributed by atoms with Crippen molar-refractivity contribution in [3.8, 4) is 0 Å². The Labute approximate surface area is 102 Å². The Morgan fingerprint density at radius 3 is 3.19 bits per heavy atom. The lowest BCUT2D eigenvalue weighted by Gasteiger charge is -2.31. The maximum atomic E-state index is 5.69. The van der Waals surface area contributed by atoms with Gasteiger partial charge in [-0.25, -0.2) is 0 Å². The summed E-state index contributed by atoms with van der Waals surface area (Å²) >= 11 is 1.77. The number of thiophene rings is 1. The Balaban J connectivity index is 1.84. The zero-order chi connectivity index (χ0) is 11.4. The van der Waals surface area contributed by atoms with Crippen molar-refractivity contribution in [2.24, 2.45) is 0 Å². The molecule has 1 aliphatic rings. The van der Waals surface area contributed by atoms with Crippen molar-refractivity contribution >= 4 is 11.3 Å². The van der Waals surface area contributed by atoms with Crippen molar-refractivity contribution in [1.29, 1.82) is 0 Å².